The molecule has 0 fully saturated rings. The van der Waals surface area contributed by atoms with E-state index >= 15 is 0 Å². The van der Waals surface area contributed by atoms with E-state index in [2.05, 4.69) is 16.2 Å². The van der Waals surface area contributed by atoms with Crippen molar-refractivity contribution in [1.82, 2.24) is 16.2 Å². The second-order valence-electron chi connectivity index (χ2n) is 6.59. The molecule has 0 radical (unpaired) electrons. The molecule has 0 heterocycles. The summed E-state index contributed by atoms with van der Waals surface area (Å²) in [6, 6.07) is 20.7. The van der Waals surface area contributed by atoms with E-state index in [1.807, 2.05) is 67.6 Å². The minimum absolute atomic E-state index is 0.0372. The maximum Gasteiger partial charge on any atom is 0.276 e. The molecule has 0 bridgehead atoms. The predicted octanol–water partition coefficient (Wildman–Crippen LogP) is 3.35. The number of benzene rings is 3. The standard InChI is InChI=1S/C24H23N3O4S/c1-2-30-19-13-10-17(11-14-19)12-15-22(28)25-24(32)27-26-23(29)16-31-21-9-5-7-18-6-3-4-8-20(18)21/h3-15H,2,16H2,1H3,(H,26,29)(H2,25,27,28,32)/b15-12+. The third kappa shape index (κ3) is 6.82. The second kappa shape index (κ2) is 11.5. The van der Waals surface area contributed by atoms with E-state index in [1.54, 1.807) is 12.1 Å². The van der Waals surface area contributed by atoms with E-state index in [0.29, 0.717) is 12.4 Å². The van der Waals surface area contributed by atoms with Crippen LogP contribution in [0.15, 0.2) is 72.8 Å². The minimum Gasteiger partial charge on any atom is -0.494 e. The van der Waals surface area contributed by atoms with Gasteiger partial charge in [0.25, 0.3) is 5.91 Å². The third-order valence-electron chi connectivity index (χ3n) is 4.28. The van der Waals surface area contributed by atoms with Crippen LogP contribution in [0, 0.1) is 0 Å². The second-order valence-corrected chi connectivity index (χ2v) is 7.00. The summed E-state index contributed by atoms with van der Waals surface area (Å²) in [6.07, 6.45) is 2.99. The van der Waals surface area contributed by atoms with E-state index in [9.17, 15) is 9.59 Å². The molecule has 7 nitrogen and oxygen atoms in total. The van der Waals surface area contributed by atoms with Crippen LogP contribution in [0.3, 0.4) is 0 Å². The Balaban J connectivity index is 1.40. The van der Waals surface area contributed by atoms with Gasteiger partial charge in [-0.3, -0.25) is 25.8 Å². The van der Waals surface area contributed by atoms with Crippen LogP contribution in [0.4, 0.5) is 0 Å². The molecule has 3 aromatic rings. The Hall–Kier alpha value is -3.91. The molecule has 8 heteroatoms. The molecular formula is C24H23N3O4S. The highest BCUT2D eigenvalue weighted by atomic mass is 32.1. The normalized spacial score (nSPS) is 10.5. The summed E-state index contributed by atoms with van der Waals surface area (Å²) in [5.41, 5.74) is 5.70. The molecule has 3 rings (SSSR count). The Kier molecular flexibility index (Phi) is 8.16. The molecule has 32 heavy (non-hydrogen) atoms. The van der Waals surface area contributed by atoms with E-state index in [1.165, 1.54) is 6.08 Å². The molecule has 0 unspecified atom stereocenters. The van der Waals surface area contributed by atoms with Gasteiger partial charge in [0.05, 0.1) is 6.61 Å². The quantitative estimate of drug-likeness (QED) is 0.291. The van der Waals surface area contributed by atoms with E-state index < -0.39 is 11.8 Å². The molecule has 0 aromatic heterocycles. The van der Waals surface area contributed by atoms with Crippen LogP contribution in [0.25, 0.3) is 16.8 Å². The highest BCUT2D eigenvalue weighted by Gasteiger charge is 2.07. The van der Waals surface area contributed by atoms with Gasteiger partial charge in [-0.1, -0.05) is 48.5 Å². The largest absolute Gasteiger partial charge is 0.494 e. The molecule has 0 saturated carbocycles. The van der Waals surface area contributed by atoms with Crippen molar-refractivity contribution in [1.29, 1.82) is 0 Å². The van der Waals surface area contributed by atoms with Crippen molar-refractivity contribution < 1.29 is 19.1 Å². The van der Waals surface area contributed by atoms with Crippen molar-refractivity contribution in [2.45, 2.75) is 6.92 Å². The van der Waals surface area contributed by atoms with Crippen molar-refractivity contribution in [3.63, 3.8) is 0 Å². The first-order valence-corrected chi connectivity index (χ1v) is 10.4. The number of nitrogens with one attached hydrogen (secondary N) is 3. The Bertz CT molecular complexity index is 1120. The smallest absolute Gasteiger partial charge is 0.276 e. The van der Waals surface area contributed by atoms with Gasteiger partial charge in [0.1, 0.15) is 11.5 Å². The van der Waals surface area contributed by atoms with Crippen LogP contribution in [0.2, 0.25) is 0 Å². The Morgan fingerprint density at radius 1 is 0.938 bits per heavy atom. The topological polar surface area (TPSA) is 88.7 Å². The number of hydrogen-bond donors (Lipinski definition) is 3. The summed E-state index contributed by atoms with van der Waals surface area (Å²) in [6.45, 7) is 2.29. The van der Waals surface area contributed by atoms with Crippen molar-refractivity contribution >= 4 is 46.0 Å². The fourth-order valence-corrected chi connectivity index (χ4v) is 2.98. The Morgan fingerprint density at radius 2 is 1.69 bits per heavy atom. The Labute approximate surface area is 191 Å². The first-order valence-electron chi connectivity index (χ1n) is 9.96. The lowest BCUT2D eigenvalue weighted by Crippen LogP contribution is -2.49. The lowest BCUT2D eigenvalue weighted by Gasteiger charge is -2.11. The SMILES string of the molecule is CCOc1ccc(/C=C/C(=O)NC(=S)NNC(=O)COc2cccc3ccccc23)cc1. The number of ether oxygens (including phenoxy) is 2. The van der Waals surface area contributed by atoms with Gasteiger partial charge in [0.15, 0.2) is 11.7 Å². The van der Waals surface area contributed by atoms with Gasteiger partial charge < -0.3 is 9.47 Å². The minimum atomic E-state index is -0.445. The van der Waals surface area contributed by atoms with Gasteiger partial charge in [-0.25, -0.2) is 0 Å². The molecule has 0 aliphatic rings. The number of thiocarbonyl (C=S) groups is 1. The first-order chi connectivity index (χ1) is 15.5. The predicted molar refractivity (Wildman–Crippen MR) is 128 cm³/mol. The van der Waals surface area contributed by atoms with Crippen LogP contribution in [-0.2, 0) is 9.59 Å². The molecule has 0 spiro atoms. The summed E-state index contributed by atoms with van der Waals surface area (Å²) in [7, 11) is 0. The highest BCUT2D eigenvalue weighted by molar-refractivity contribution is 7.80. The molecule has 0 saturated heterocycles. The van der Waals surface area contributed by atoms with E-state index in [0.717, 1.165) is 22.1 Å². The van der Waals surface area contributed by atoms with E-state index in [4.69, 9.17) is 21.7 Å². The summed E-state index contributed by atoms with van der Waals surface area (Å²) >= 11 is 5.02. The molecule has 3 aromatic carbocycles. The molecule has 2 amide bonds. The number of amides is 2. The highest BCUT2D eigenvalue weighted by Crippen LogP contribution is 2.24. The maximum atomic E-state index is 12.0. The summed E-state index contributed by atoms with van der Waals surface area (Å²) < 4.78 is 11.0. The van der Waals surface area contributed by atoms with Crippen LogP contribution >= 0.6 is 12.2 Å². The molecule has 0 atom stereocenters. The zero-order chi connectivity index (χ0) is 22.8. The average molecular weight is 450 g/mol. The van der Waals surface area contributed by atoms with E-state index in [-0.39, 0.29) is 11.7 Å². The third-order valence-corrected chi connectivity index (χ3v) is 4.48. The number of fused-ring (bicyclic) bond motifs is 1. The summed E-state index contributed by atoms with van der Waals surface area (Å²) in [5, 5.41) is 4.35. The van der Waals surface area contributed by atoms with Gasteiger partial charge in [-0.15, -0.1) is 0 Å². The molecular weight excluding hydrogens is 426 g/mol. The molecule has 164 valence electrons. The fraction of sp³-hybridized carbons (Fsp3) is 0.125. The maximum absolute atomic E-state index is 12.0. The number of rotatable bonds is 7. The average Bonchev–Trinajstić information content (AvgIpc) is 2.81. The van der Waals surface area contributed by atoms with Gasteiger partial charge in [0.2, 0.25) is 5.91 Å². The zero-order valence-electron chi connectivity index (χ0n) is 17.5. The van der Waals surface area contributed by atoms with Crippen LogP contribution < -0.4 is 25.6 Å². The lowest BCUT2D eigenvalue weighted by molar-refractivity contribution is -0.123. The first kappa shape index (κ1) is 22.8. The van der Waals surface area contributed by atoms with Crippen LogP contribution in [-0.4, -0.2) is 30.1 Å². The van der Waals surface area contributed by atoms with Crippen molar-refractivity contribution in [2.24, 2.45) is 0 Å². The van der Waals surface area contributed by atoms with Crippen molar-refractivity contribution in [3.8, 4) is 11.5 Å². The molecule has 3 N–H and O–H groups in total. The number of hydrazine groups is 1. The number of carbonyl (C=O) groups excluding carboxylic acids is 2. The lowest BCUT2D eigenvalue weighted by atomic mass is 10.1. The number of hydrogen-bond acceptors (Lipinski definition) is 5. The molecule has 0 aliphatic carbocycles. The van der Waals surface area contributed by atoms with Crippen molar-refractivity contribution in [3.05, 3.63) is 78.4 Å². The monoisotopic (exact) mass is 449 g/mol. The van der Waals surface area contributed by atoms with Crippen molar-refractivity contribution in [2.75, 3.05) is 13.2 Å². The molecule has 0 aliphatic heterocycles. The number of carbonyl (C=O) groups is 2. The zero-order valence-corrected chi connectivity index (χ0v) is 18.3. The van der Waals surface area contributed by atoms with Gasteiger partial charge >= 0.3 is 0 Å². The van der Waals surface area contributed by atoms with Crippen LogP contribution in [0.5, 0.6) is 11.5 Å². The fourth-order valence-electron chi connectivity index (χ4n) is 2.83. The summed E-state index contributed by atoms with van der Waals surface area (Å²) in [4.78, 5) is 24.0. The van der Waals surface area contributed by atoms with Gasteiger partial charge in [-0.2, -0.15) is 0 Å². The van der Waals surface area contributed by atoms with Crippen LogP contribution in [0.1, 0.15) is 12.5 Å². The Morgan fingerprint density at radius 3 is 2.47 bits per heavy atom. The summed E-state index contributed by atoms with van der Waals surface area (Å²) in [5.74, 6) is 0.491. The van der Waals surface area contributed by atoms with Gasteiger partial charge in [-0.05, 0) is 54.4 Å². The van der Waals surface area contributed by atoms with Gasteiger partial charge in [0, 0.05) is 11.5 Å².